The molecular formula is C22H17ClF3N5O4S. The van der Waals surface area contributed by atoms with Crippen LogP contribution in [0.15, 0.2) is 47.5 Å². The molecule has 1 amide bonds. The summed E-state index contributed by atoms with van der Waals surface area (Å²) in [5.74, 6) is -0.961. The average molecular weight is 540 g/mol. The fourth-order valence-electron chi connectivity index (χ4n) is 3.36. The first-order valence-corrected chi connectivity index (χ1v) is 12.2. The molecule has 2 heterocycles. The summed E-state index contributed by atoms with van der Waals surface area (Å²) >= 11 is 6.11. The van der Waals surface area contributed by atoms with Crippen molar-refractivity contribution in [1.29, 1.82) is 5.26 Å². The number of carbonyl (C=O) groups excluding carboxylic acids is 1. The van der Waals surface area contributed by atoms with Crippen LogP contribution in [-0.4, -0.2) is 41.9 Å². The number of carbonyl (C=O) groups is 1. The lowest BCUT2D eigenvalue weighted by atomic mass is 10.1. The number of rotatable bonds is 7. The number of halogens is 4. The summed E-state index contributed by atoms with van der Waals surface area (Å²) in [6.45, 7) is 0.937. The predicted molar refractivity (Wildman–Crippen MR) is 120 cm³/mol. The molecule has 0 bridgehead atoms. The molecule has 0 atom stereocenters. The van der Waals surface area contributed by atoms with Gasteiger partial charge in [0.1, 0.15) is 17.2 Å². The number of alkyl halides is 3. The minimum Gasteiger partial charge on any atom is -0.476 e. The van der Waals surface area contributed by atoms with E-state index in [0.29, 0.717) is 0 Å². The van der Waals surface area contributed by atoms with Gasteiger partial charge in [-0.3, -0.25) is 4.79 Å². The number of hydrogen-bond acceptors (Lipinski definition) is 7. The van der Waals surface area contributed by atoms with Crippen molar-refractivity contribution in [2.24, 2.45) is 5.41 Å². The third-order valence-corrected chi connectivity index (χ3v) is 7.43. The molecule has 1 aromatic carbocycles. The van der Waals surface area contributed by atoms with Crippen molar-refractivity contribution in [3.8, 4) is 17.8 Å². The van der Waals surface area contributed by atoms with E-state index in [0.717, 1.165) is 0 Å². The largest absolute Gasteiger partial charge is 0.476 e. The van der Waals surface area contributed by atoms with Crippen LogP contribution in [0.1, 0.15) is 34.3 Å². The van der Waals surface area contributed by atoms with Gasteiger partial charge in [-0.05, 0) is 55.7 Å². The number of pyridine rings is 1. The maximum atomic E-state index is 13.1. The molecule has 0 radical (unpaired) electrons. The molecule has 3 aromatic rings. The number of ether oxygens (including phenoxy) is 1. The molecule has 0 aliphatic heterocycles. The second-order valence-corrected chi connectivity index (χ2v) is 10.2. The van der Waals surface area contributed by atoms with Crippen molar-refractivity contribution in [1.82, 2.24) is 19.5 Å². The van der Waals surface area contributed by atoms with Gasteiger partial charge in [-0.15, -0.1) is 5.10 Å². The van der Waals surface area contributed by atoms with Crippen LogP contribution in [0.5, 0.6) is 5.88 Å². The number of aromatic nitrogens is 3. The first-order chi connectivity index (χ1) is 16.8. The van der Waals surface area contributed by atoms with Gasteiger partial charge in [0.15, 0.2) is 5.82 Å². The topological polar surface area (TPSA) is 127 Å². The van der Waals surface area contributed by atoms with E-state index in [-0.39, 0.29) is 51.3 Å². The van der Waals surface area contributed by atoms with Crippen LogP contribution in [0, 0.1) is 23.7 Å². The number of sulfonamides is 1. The number of amides is 1. The van der Waals surface area contributed by atoms with Crippen molar-refractivity contribution in [2.45, 2.75) is 30.8 Å². The average Bonchev–Trinajstić information content (AvgIpc) is 3.47. The summed E-state index contributed by atoms with van der Waals surface area (Å²) in [7, 11) is -4.27. The van der Waals surface area contributed by atoms with E-state index >= 15 is 0 Å². The minimum absolute atomic E-state index is 0.00162. The summed E-state index contributed by atoms with van der Waals surface area (Å²) in [6, 6.07) is 9.70. The van der Waals surface area contributed by atoms with Crippen LogP contribution >= 0.6 is 11.6 Å². The Hall–Kier alpha value is -3.63. The first-order valence-electron chi connectivity index (χ1n) is 10.4. The molecular weight excluding hydrogens is 523 g/mol. The molecule has 1 fully saturated rings. The fraction of sp³-hybridized carbons (Fsp3) is 0.273. The highest BCUT2D eigenvalue weighted by atomic mass is 35.5. The Kier molecular flexibility index (Phi) is 6.44. The van der Waals surface area contributed by atoms with Crippen molar-refractivity contribution in [3.05, 3.63) is 64.4 Å². The quantitative estimate of drug-likeness (QED) is 0.450. The second-order valence-electron chi connectivity index (χ2n) is 8.20. The lowest BCUT2D eigenvalue weighted by molar-refractivity contribution is -0.194. The van der Waals surface area contributed by atoms with Crippen molar-refractivity contribution < 1.29 is 31.1 Å². The van der Waals surface area contributed by atoms with Crippen LogP contribution in [0.25, 0.3) is 5.82 Å². The maximum absolute atomic E-state index is 13.1. The number of aryl methyl sites for hydroxylation is 1. The van der Waals surface area contributed by atoms with Gasteiger partial charge in [-0.2, -0.15) is 18.4 Å². The molecule has 1 saturated carbocycles. The third kappa shape index (κ3) is 5.00. The van der Waals surface area contributed by atoms with Crippen LogP contribution in [-0.2, 0) is 10.0 Å². The van der Waals surface area contributed by atoms with E-state index in [1.54, 1.807) is 0 Å². The summed E-state index contributed by atoms with van der Waals surface area (Å²) < 4.78 is 72.8. The van der Waals surface area contributed by atoms with Gasteiger partial charge in [-0.1, -0.05) is 11.6 Å². The van der Waals surface area contributed by atoms with E-state index in [4.69, 9.17) is 21.6 Å². The zero-order chi connectivity index (χ0) is 26.3. The summed E-state index contributed by atoms with van der Waals surface area (Å²) in [5.41, 5.74) is -1.54. The zero-order valence-corrected chi connectivity index (χ0v) is 20.1. The molecule has 2 aromatic heterocycles. The number of nitrogens with zero attached hydrogens (tertiary/aromatic N) is 4. The standard InChI is InChI=1S/C22H17ClF3N5O4S/c1-13-10-14(11-27)2-4-16(13)36(33,34)30-20(32)15-3-5-17(28-19(15)23)31-9-6-18(29-31)35-12-21(7-8-21)22(24,25)26/h2-6,9-10H,7-8,12H2,1H3,(H,30,32). The molecule has 14 heteroatoms. The maximum Gasteiger partial charge on any atom is 0.397 e. The Bertz CT molecular complexity index is 1490. The van der Waals surface area contributed by atoms with Crippen molar-refractivity contribution in [3.63, 3.8) is 0 Å². The molecule has 188 valence electrons. The highest BCUT2D eigenvalue weighted by molar-refractivity contribution is 7.90. The Morgan fingerprint density at radius 1 is 1.28 bits per heavy atom. The number of hydrogen-bond donors (Lipinski definition) is 1. The van der Waals surface area contributed by atoms with E-state index < -0.39 is 34.1 Å². The number of benzene rings is 1. The smallest absolute Gasteiger partial charge is 0.397 e. The highest BCUT2D eigenvalue weighted by Gasteiger charge is 2.64. The van der Waals surface area contributed by atoms with Gasteiger partial charge in [0.05, 0.1) is 22.1 Å². The van der Waals surface area contributed by atoms with E-state index in [2.05, 4.69) is 10.1 Å². The van der Waals surface area contributed by atoms with E-state index in [1.165, 1.54) is 54.2 Å². The molecule has 0 spiro atoms. The second kappa shape index (κ2) is 9.11. The van der Waals surface area contributed by atoms with Crippen LogP contribution < -0.4 is 9.46 Å². The Morgan fingerprint density at radius 2 is 2.00 bits per heavy atom. The lowest BCUT2D eigenvalue weighted by Gasteiger charge is -2.18. The van der Waals surface area contributed by atoms with Crippen molar-refractivity contribution >= 4 is 27.5 Å². The van der Waals surface area contributed by atoms with Gasteiger partial charge < -0.3 is 4.74 Å². The van der Waals surface area contributed by atoms with Gasteiger partial charge in [-0.25, -0.2) is 22.8 Å². The predicted octanol–water partition coefficient (Wildman–Crippen LogP) is 3.94. The van der Waals surface area contributed by atoms with Crippen molar-refractivity contribution in [2.75, 3.05) is 6.61 Å². The normalized spacial score (nSPS) is 14.7. The molecule has 1 N–H and O–H groups in total. The van der Waals surface area contributed by atoms with Gasteiger partial charge in [0.2, 0.25) is 5.88 Å². The number of nitriles is 1. The molecule has 0 saturated heterocycles. The number of nitrogens with one attached hydrogen (secondary N) is 1. The van der Waals surface area contributed by atoms with E-state index in [1.807, 2.05) is 10.8 Å². The van der Waals surface area contributed by atoms with Gasteiger partial charge >= 0.3 is 6.18 Å². The Labute approximate surface area is 208 Å². The highest BCUT2D eigenvalue weighted by Crippen LogP contribution is 2.57. The van der Waals surface area contributed by atoms with Crippen LogP contribution in [0.4, 0.5) is 13.2 Å². The molecule has 9 nitrogen and oxygen atoms in total. The van der Waals surface area contributed by atoms with Crippen LogP contribution in [0.2, 0.25) is 5.15 Å². The monoisotopic (exact) mass is 539 g/mol. The van der Waals surface area contributed by atoms with Crippen LogP contribution in [0.3, 0.4) is 0 Å². The Balaban J connectivity index is 1.47. The Morgan fingerprint density at radius 3 is 2.58 bits per heavy atom. The SMILES string of the molecule is Cc1cc(C#N)ccc1S(=O)(=O)NC(=O)c1ccc(-n2ccc(OCC3(C(F)(F)F)CC3)n2)nc1Cl. The minimum atomic E-state index is -4.35. The summed E-state index contributed by atoms with van der Waals surface area (Å²) in [4.78, 5) is 16.4. The molecule has 4 rings (SSSR count). The fourth-order valence-corrected chi connectivity index (χ4v) is 4.79. The van der Waals surface area contributed by atoms with E-state index in [9.17, 15) is 26.4 Å². The molecule has 1 aliphatic carbocycles. The molecule has 0 unspecified atom stereocenters. The third-order valence-electron chi connectivity index (χ3n) is 5.65. The van der Waals surface area contributed by atoms with Gasteiger partial charge in [0.25, 0.3) is 15.9 Å². The lowest BCUT2D eigenvalue weighted by Crippen LogP contribution is -2.31. The summed E-state index contributed by atoms with van der Waals surface area (Å²) in [5, 5.41) is 12.6. The molecule has 36 heavy (non-hydrogen) atoms. The molecule has 1 aliphatic rings. The summed E-state index contributed by atoms with van der Waals surface area (Å²) in [6.07, 6.45) is -2.97. The first kappa shape index (κ1) is 25.5. The zero-order valence-electron chi connectivity index (χ0n) is 18.5. The van der Waals surface area contributed by atoms with Gasteiger partial charge in [0, 0.05) is 12.3 Å².